The van der Waals surface area contributed by atoms with E-state index in [2.05, 4.69) is 15.3 Å². The smallest absolute Gasteiger partial charge is 0.398 e. The van der Waals surface area contributed by atoms with Crippen molar-refractivity contribution in [3.05, 3.63) is 35.2 Å². The van der Waals surface area contributed by atoms with E-state index in [1.54, 1.807) is 17.1 Å². The predicted octanol–water partition coefficient (Wildman–Crippen LogP) is 1.67. The van der Waals surface area contributed by atoms with Crippen molar-refractivity contribution in [2.45, 2.75) is 45.4 Å². The first kappa shape index (κ1) is 15.5. The van der Waals surface area contributed by atoms with Crippen LogP contribution in [0.2, 0.25) is 5.02 Å². The second kappa shape index (κ2) is 5.33. The number of aromatic nitrogens is 4. The van der Waals surface area contributed by atoms with E-state index in [0.717, 1.165) is 5.56 Å². The van der Waals surface area contributed by atoms with E-state index in [9.17, 15) is 0 Å². The Bertz CT molecular complexity index is 673. The Morgan fingerprint density at radius 1 is 1.18 bits per heavy atom. The SMILES string of the molecule is CC1(C)OB(c2cn(Cc3cncc(Cl)c3)nn2)OC1(C)C. The van der Waals surface area contributed by atoms with Crippen molar-refractivity contribution in [3.63, 3.8) is 0 Å². The normalized spacial score (nSPS) is 19.6. The highest BCUT2D eigenvalue weighted by Crippen LogP contribution is 2.36. The molecule has 0 saturated carbocycles. The molecule has 0 aliphatic carbocycles. The van der Waals surface area contributed by atoms with Crippen LogP contribution in [-0.4, -0.2) is 38.3 Å². The summed E-state index contributed by atoms with van der Waals surface area (Å²) in [6.45, 7) is 8.58. The quantitative estimate of drug-likeness (QED) is 0.805. The van der Waals surface area contributed by atoms with Gasteiger partial charge in [0.15, 0.2) is 0 Å². The van der Waals surface area contributed by atoms with Crippen LogP contribution in [0.1, 0.15) is 33.3 Å². The molecule has 0 unspecified atom stereocenters. The van der Waals surface area contributed by atoms with Gasteiger partial charge >= 0.3 is 7.12 Å². The summed E-state index contributed by atoms with van der Waals surface area (Å²) in [7, 11) is -0.503. The summed E-state index contributed by atoms with van der Waals surface area (Å²) in [5.74, 6) is 0. The highest BCUT2D eigenvalue weighted by atomic mass is 35.5. The first-order valence-electron chi connectivity index (χ1n) is 7.12. The Kier molecular flexibility index (Phi) is 3.75. The van der Waals surface area contributed by atoms with Crippen LogP contribution in [0.5, 0.6) is 0 Å². The van der Waals surface area contributed by atoms with Gasteiger partial charge in [0, 0.05) is 18.6 Å². The van der Waals surface area contributed by atoms with Crippen LogP contribution in [0.3, 0.4) is 0 Å². The lowest BCUT2D eigenvalue weighted by molar-refractivity contribution is 0.00578. The average molecular weight is 321 g/mol. The monoisotopic (exact) mass is 320 g/mol. The zero-order chi connectivity index (χ0) is 16.0. The summed E-state index contributed by atoms with van der Waals surface area (Å²) >= 11 is 5.93. The summed E-state index contributed by atoms with van der Waals surface area (Å²) in [6, 6.07) is 1.85. The van der Waals surface area contributed by atoms with Crippen molar-refractivity contribution in [3.8, 4) is 0 Å². The number of hydrogen-bond acceptors (Lipinski definition) is 5. The lowest BCUT2D eigenvalue weighted by Gasteiger charge is -2.32. The fourth-order valence-electron chi connectivity index (χ4n) is 2.19. The predicted molar refractivity (Wildman–Crippen MR) is 84.1 cm³/mol. The van der Waals surface area contributed by atoms with Crippen LogP contribution in [0.25, 0.3) is 0 Å². The zero-order valence-corrected chi connectivity index (χ0v) is 13.8. The van der Waals surface area contributed by atoms with Gasteiger partial charge in [-0.05, 0) is 39.3 Å². The van der Waals surface area contributed by atoms with Crippen molar-refractivity contribution in [1.29, 1.82) is 0 Å². The summed E-state index contributed by atoms with van der Waals surface area (Å²) in [5.41, 5.74) is 0.836. The molecule has 0 aromatic carbocycles. The van der Waals surface area contributed by atoms with Gasteiger partial charge in [0.1, 0.15) is 5.59 Å². The van der Waals surface area contributed by atoms with Gasteiger partial charge in [-0.15, -0.1) is 5.10 Å². The number of hydrogen-bond donors (Lipinski definition) is 0. The minimum atomic E-state index is -0.503. The lowest BCUT2D eigenvalue weighted by Crippen LogP contribution is -2.41. The molecule has 1 aliphatic rings. The fraction of sp³-hybridized carbons (Fsp3) is 0.500. The Hall–Kier alpha value is -1.44. The van der Waals surface area contributed by atoms with E-state index in [0.29, 0.717) is 17.2 Å². The summed E-state index contributed by atoms with van der Waals surface area (Å²) in [6.07, 6.45) is 5.17. The molecule has 1 fully saturated rings. The first-order valence-corrected chi connectivity index (χ1v) is 7.50. The van der Waals surface area contributed by atoms with Gasteiger partial charge in [0.2, 0.25) is 0 Å². The molecule has 1 saturated heterocycles. The summed E-state index contributed by atoms with van der Waals surface area (Å²) in [4.78, 5) is 4.06. The fourth-order valence-corrected chi connectivity index (χ4v) is 2.39. The Morgan fingerprint density at radius 3 is 2.50 bits per heavy atom. The van der Waals surface area contributed by atoms with Gasteiger partial charge in [-0.25, -0.2) is 4.68 Å². The van der Waals surface area contributed by atoms with Gasteiger partial charge in [-0.3, -0.25) is 4.98 Å². The highest BCUT2D eigenvalue weighted by molar-refractivity contribution is 6.61. The number of halogens is 1. The molecule has 3 rings (SSSR count). The standard InChI is InChI=1S/C14H18BClN4O2/c1-13(2)14(3,4)22-15(21-13)12-9-20(19-18-12)8-10-5-11(16)7-17-6-10/h5-7,9H,8H2,1-4H3. The second-order valence-corrected chi connectivity index (χ2v) is 6.88. The molecule has 0 amide bonds. The molecule has 3 heterocycles. The Labute approximate surface area is 134 Å². The van der Waals surface area contributed by atoms with E-state index in [1.807, 2.05) is 40.0 Å². The summed E-state index contributed by atoms with van der Waals surface area (Å²) < 4.78 is 13.6. The molecule has 1 aliphatic heterocycles. The van der Waals surface area contributed by atoms with Crippen LogP contribution >= 0.6 is 11.6 Å². The van der Waals surface area contributed by atoms with Crippen molar-refractivity contribution < 1.29 is 9.31 Å². The van der Waals surface area contributed by atoms with E-state index < -0.39 is 18.3 Å². The van der Waals surface area contributed by atoms with Crippen molar-refractivity contribution in [2.24, 2.45) is 0 Å². The minimum absolute atomic E-state index is 0.391. The Balaban J connectivity index is 1.75. The molecule has 0 bridgehead atoms. The third-order valence-corrected chi connectivity index (χ3v) is 4.36. The molecule has 0 spiro atoms. The van der Waals surface area contributed by atoms with E-state index in [1.165, 1.54) is 0 Å². The highest BCUT2D eigenvalue weighted by Gasteiger charge is 2.52. The Morgan fingerprint density at radius 2 is 1.86 bits per heavy atom. The molecular weight excluding hydrogens is 302 g/mol. The molecule has 2 aromatic rings. The van der Waals surface area contributed by atoms with Crippen molar-refractivity contribution in [1.82, 2.24) is 20.0 Å². The molecule has 0 radical (unpaired) electrons. The van der Waals surface area contributed by atoms with Gasteiger partial charge in [0.25, 0.3) is 0 Å². The van der Waals surface area contributed by atoms with Crippen LogP contribution in [0, 0.1) is 0 Å². The maximum atomic E-state index is 5.96. The van der Waals surface area contributed by atoms with Crippen molar-refractivity contribution >= 4 is 24.3 Å². The number of pyridine rings is 1. The van der Waals surface area contributed by atoms with Crippen LogP contribution in [0.15, 0.2) is 24.7 Å². The van der Waals surface area contributed by atoms with E-state index in [-0.39, 0.29) is 0 Å². The van der Waals surface area contributed by atoms with E-state index >= 15 is 0 Å². The third-order valence-electron chi connectivity index (χ3n) is 4.16. The molecular formula is C14H18BClN4O2. The molecule has 0 atom stereocenters. The molecule has 22 heavy (non-hydrogen) atoms. The molecule has 8 heteroatoms. The minimum Gasteiger partial charge on any atom is -0.398 e. The van der Waals surface area contributed by atoms with Gasteiger partial charge in [0.05, 0.1) is 22.8 Å². The van der Waals surface area contributed by atoms with E-state index in [4.69, 9.17) is 20.9 Å². The molecule has 6 nitrogen and oxygen atoms in total. The first-order chi connectivity index (χ1) is 10.3. The van der Waals surface area contributed by atoms with Gasteiger partial charge in [-0.2, -0.15) is 0 Å². The number of rotatable bonds is 3. The zero-order valence-electron chi connectivity index (χ0n) is 13.1. The van der Waals surface area contributed by atoms with Crippen LogP contribution in [0.4, 0.5) is 0 Å². The van der Waals surface area contributed by atoms with Crippen LogP contribution < -0.4 is 5.59 Å². The number of nitrogens with zero attached hydrogens (tertiary/aromatic N) is 4. The average Bonchev–Trinajstić information content (AvgIpc) is 2.93. The van der Waals surface area contributed by atoms with Gasteiger partial charge in [-0.1, -0.05) is 16.8 Å². The van der Waals surface area contributed by atoms with Crippen LogP contribution in [-0.2, 0) is 15.9 Å². The molecule has 116 valence electrons. The lowest BCUT2D eigenvalue weighted by atomic mass is 9.86. The summed E-state index contributed by atoms with van der Waals surface area (Å²) in [5, 5.41) is 8.88. The third kappa shape index (κ3) is 2.88. The second-order valence-electron chi connectivity index (χ2n) is 6.44. The molecule has 0 N–H and O–H groups in total. The maximum Gasteiger partial charge on any atom is 0.518 e. The largest absolute Gasteiger partial charge is 0.518 e. The topological polar surface area (TPSA) is 62.1 Å². The van der Waals surface area contributed by atoms with Crippen molar-refractivity contribution in [2.75, 3.05) is 0 Å². The van der Waals surface area contributed by atoms with Gasteiger partial charge < -0.3 is 9.31 Å². The maximum absolute atomic E-state index is 5.96. The molecule has 2 aromatic heterocycles.